The van der Waals surface area contributed by atoms with Gasteiger partial charge in [-0.15, -0.1) is 0 Å². The molecule has 15 heavy (non-hydrogen) atoms. The van der Waals surface area contributed by atoms with E-state index in [1.807, 2.05) is 0 Å². The van der Waals surface area contributed by atoms with Crippen LogP contribution in [0.25, 0.3) is 0 Å². The number of nitrogen functional groups attached to an aromatic ring is 1. The van der Waals surface area contributed by atoms with E-state index >= 15 is 0 Å². The van der Waals surface area contributed by atoms with E-state index in [2.05, 4.69) is 4.90 Å². The van der Waals surface area contributed by atoms with Crippen LogP contribution in [0.5, 0.6) is 0 Å². The maximum Gasteiger partial charge on any atom is 0.125 e. The third-order valence-corrected chi connectivity index (χ3v) is 2.95. The Hall–Kier alpha value is -1.09. The molecular weight excluding hydrogens is 191 g/mol. The van der Waals surface area contributed by atoms with Crippen LogP contribution in [0, 0.1) is 5.82 Å². The van der Waals surface area contributed by atoms with Gasteiger partial charge in [-0.25, -0.2) is 4.39 Å². The molecule has 82 valence electrons. The molecule has 0 amide bonds. The van der Waals surface area contributed by atoms with Gasteiger partial charge < -0.3 is 5.73 Å². The summed E-state index contributed by atoms with van der Waals surface area (Å²) in [4.78, 5) is 2.38. The maximum atomic E-state index is 12.8. The van der Waals surface area contributed by atoms with Crippen molar-refractivity contribution in [2.75, 3.05) is 18.8 Å². The van der Waals surface area contributed by atoms with Gasteiger partial charge in [0.2, 0.25) is 0 Å². The summed E-state index contributed by atoms with van der Waals surface area (Å²) in [6.07, 6.45) is 3.86. The van der Waals surface area contributed by atoms with Crippen LogP contribution in [0.4, 0.5) is 10.1 Å². The van der Waals surface area contributed by atoms with Crippen LogP contribution in [0.1, 0.15) is 24.8 Å². The van der Waals surface area contributed by atoms with Crippen LogP contribution in [0.15, 0.2) is 18.2 Å². The van der Waals surface area contributed by atoms with Gasteiger partial charge >= 0.3 is 0 Å². The molecule has 1 heterocycles. The summed E-state index contributed by atoms with van der Waals surface area (Å²) in [6, 6.07) is 4.67. The molecule has 0 saturated carbocycles. The smallest absolute Gasteiger partial charge is 0.125 e. The molecule has 0 aliphatic carbocycles. The first kappa shape index (κ1) is 10.4. The molecule has 1 saturated heterocycles. The molecule has 2 nitrogen and oxygen atoms in total. The van der Waals surface area contributed by atoms with Gasteiger partial charge in [0, 0.05) is 12.2 Å². The van der Waals surface area contributed by atoms with E-state index in [0.717, 1.165) is 25.2 Å². The van der Waals surface area contributed by atoms with Gasteiger partial charge in [0.25, 0.3) is 0 Å². The zero-order chi connectivity index (χ0) is 10.7. The second kappa shape index (κ2) is 4.62. The van der Waals surface area contributed by atoms with E-state index in [0.29, 0.717) is 5.69 Å². The molecule has 0 radical (unpaired) electrons. The first-order valence-corrected chi connectivity index (χ1v) is 5.52. The standard InChI is InChI=1S/C12H17FN2/c13-11-5-4-10(12(14)8-11)9-15-6-2-1-3-7-15/h4-5,8H,1-3,6-7,9,14H2. The second-order valence-corrected chi connectivity index (χ2v) is 4.18. The summed E-state index contributed by atoms with van der Waals surface area (Å²) in [5.74, 6) is -0.255. The van der Waals surface area contributed by atoms with Gasteiger partial charge in [-0.2, -0.15) is 0 Å². The Kier molecular flexibility index (Phi) is 3.21. The molecule has 2 N–H and O–H groups in total. The average Bonchev–Trinajstić information content (AvgIpc) is 2.24. The number of piperidine rings is 1. The lowest BCUT2D eigenvalue weighted by Crippen LogP contribution is -2.29. The minimum atomic E-state index is -0.255. The predicted octanol–water partition coefficient (Wildman–Crippen LogP) is 2.39. The highest BCUT2D eigenvalue weighted by Crippen LogP contribution is 2.18. The molecule has 0 unspecified atom stereocenters. The average molecular weight is 208 g/mol. The molecule has 0 aromatic heterocycles. The number of rotatable bonds is 2. The first-order chi connectivity index (χ1) is 7.25. The van der Waals surface area contributed by atoms with Crippen molar-refractivity contribution in [3.63, 3.8) is 0 Å². The third-order valence-electron chi connectivity index (χ3n) is 2.95. The number of halogens is 1. The summed E-state index contributed by atoms with van der Waals surface area (Å²) in [5, 5.41) is 0. The van der Waals surface area contributed by atoms with Crippen molar-refractivity contribution in [2.45, 2.75) is 25.8 Å². The van der Waals surface area contributed by atoms with Crippen molar-refractivity contribution < 1.29 is 4.39 Å². The van der Waals surface area contributed by atoms with E-state index in [4.69, 9.17) is 5.73 Å². The zero-order valence-electron chi connectivity index (χ0n) is 8.88. The van der Waals surface area contributed by atoms with Crippen molar-refractivity contribution in [2.24, 2.45) is 0 Å². The number of nitrogens with two attached hydrogens (primary N) is 1. The number of hydrogen-bond acceptors (Lipinski definition) is 2. The first-order valence-electron chi connectivity index (χ1n) is 5.52. The number of likely N-dealkylation sites (tertiary alicyclic amines) is 1. The quantitative estimate of drug-likeness (QED) is 0.756. The van der Waals surface area contributed by atoms with Crippen LogP contribution in [-0.2, 0) is 6.54 Å². The van der Waals surface area contributed by atoms with Crippen LogP contribution < -0.4 is 5.73 Å². The predicted molar refractivity (Wildman–Crippen MR) is 59.9 cm³/mol. The molecule has 0 spiro atoms. The van der Waals surface area contributed by atoms with E-state index < -0.39 is 0 Å². The van der Waals surface area contributed by atoms with E-state index in [1.54, 1.807) is 6.07 Å². The molecule has 0 atom stereocenters. The topological polar surface area (TPSA) is 29.3 Å². The minimum absolute atomic E-state index is 0.255. The second-order valence-electron chi connectivity index (χ2n) is 4.18. The van der Waals surface area contributed by atoms with Gasteiger partial charge in [0.1, 0.15) is 5.82 Å². The molecule has 1 fully saturated rings. The number of anilines is 1. The summed E-state index contributed by atoms with van der Waals surface area (Å²) >= 11 is 0. The van der Waals surface area contributed by atoms with Crippen LogP contribution in [0.2, 0.25) is 0 Å². The molecule has 2 rings (SSSR count). The monoisotopic (exact) mass is 208 g/mol. The molecule has 1 aliphatic rings. The number of hydrogen-bond donors (Lipinski definition) is 1. The lowest BCUT2D eigenvalue weighted by molar-refractivity contribution is 0.221. The Morgan fingerprint density at radius 1 is 1.20 bits per heavy atom. The van der Waals surface area contributed by atoms with Gasteiger partial charge in [-0.3, -0.25) is 4.90 Å². The Labute approximate surface area is 89.9 Å². The Morgan fingerprint density at radius 2 is 1.93 bits per heavy atom. The van der Waals surface area contributed by atoms with Crippen LogP contribution >= 0.6 is 0 Å². The molecule has 1 aromatic carbocycles. The zero-order valence-corrected chi connectivity index (χ0v) is 8.88. The summed E-state index contributed by atoms with van der Waals surface area (Å²) < 4.78 is 12.8. The van der Waals surface area contributed by atoms with Gasteiger partial charge in [-0.1, -0.05) is 12.5 Å². The molecule has 1 aromatic rings. The summed E-state index contributed by atoms with van der Waals surface area (Å²) in [6.45, 7) is 3.12. The summed E-state index contributed by atoms with van der Waals surface area (Å²) in [7, 11) is 0. The Balaban J connectivity index is 2.03. The molecular formula is C12H17FN2. The van der Waals surface area contributed by atoms with Crippen LogP contribution in [0.3, 0.4) is 0 Å². The van der Waals surface area contributed by atoms with E-state index in [1.165, 1.54) is 31.4 Å². The van der Waals surface area contributed by atoms with Gasteiger partial charge in [0.05, 0.1) is 0 Å². The van der Waals surface area contributed by atoms with Crippen molar-refractivity contribution >= 4 is 5.69 Å². The highest BCUT2D eigenvalue weighted by molar-refractivity contribution is 5.46. The minimum Gasteiger partial charge on any atom is -0.398 e. The van der Waals surface area contributed by atoms with E-state index in [-0.39, 0.29) is 5.82 Å². The van der Waals surface area contributed by atoms with Crippen LogP contribution in [-0.4, -0.2) is 18.0 Å². The van der Waals surface area contributed by atoms with Gasteiger partial charge in [-0.05, 0) is 43.6 Å². The lowest BCUT2D eigenvalue weighted by atomic mass is 10.1. The molecule has 0 bridgehead atoms. The largest absolute Gasteiger partial charge is 0.398 e. The molecule has 3 heteroatoms. The van der Waals surface area contributed by atoms with Crippen molar-refractivity contribution in [3.8, 4) is 0 Å². The fourth-order valence-electron chi connectivity index (χ4n) is 2.07. The highest BCUT2D eigenvalue weighted by atomic mass is 19.1. The van der Waals surface area contributed by atoms with Crippen molar-refractivity contribution in [1.82, 2.24) is 4.90 Å². The number of benzene rings is 1. The van der Waals surface area contributed by atoms with Crippen molar-refractivity contribution in [1.29, 1.82) is 0 Å². The number of nitrogens with zero attached hydrogens (tertiary/aromatic N) is 1. The summed E-state index contributed by atoms with van der Waals surface area (Å²) in [5.41, 5.74) is 7.38. The lowest BCUT2D eigenvalue weighted by Gasteiger charge is -2.26. The van der Waals surface area contributed by atoms with Gasteiger partial charge in [0.15, 0.2) is 0 Å². The van der Waals surface area contributed by atoms with Crippen molar-refractivity contribution in [3.05, 3.63) is 29.6 Å². The fraction of sp³-hybridized carbons (Fsp3) is 0.500. The third kappa shape index (κ3) is 2.69. The SMILES string of the molecule is Nc1cc(F)ccc1CN1CCCCC1. The highest BCUT2D eigenvalue weighted by Gasteiger charge is 2.11. The Bertz CT molecular complexity index is 332. The van der Waals surface area contributed by atoms with E-state index in [9.17, 15) is 4.39 Å². The molecule has 1 aliphatic heterocycles. The fourth-order valence-corrected chi connectivity index (χ4v) is 2.07. The normalized spacial score (nSPS) is 17.9. The maximum absolute atomic E-state index is 12.8. The Morgan fingerprint density at radius 3 is 2.60 bits per heavy atom.